The maximum absolute atomic E-state index is 13.2. The second-order valence-corrected chi connectivity index (χ2v) is 8.32. The summed E-state index contributed by atoms with van der Waals surface area (Å²) in [6.07, 6.45) is 1.90. The second kappa shape index (κ2) is 8.53. The number of likely N-dealkylation sites (tertiary alicyclic amines) is 1. The molecule has 2 aliphatic rings. The summed E-state index contributed by atoms with van der Waals surface area (Å²) in [4.78, 5) is 29.2. The number of halogens is 1. The van der Waals surface area contributed by atoms with E-state index in [9.17, 15) is 14.0 Å². The molecule has 2 atom stereocenters. The Morgan fingerprint density at radius 1 is 1.03 bits per heavy atom. The first-order valence-corrected chi connectivity index (χ1v) is 10.8. The van der Waals surface area contributed by atoms with Gasteiger partial charge in [0, 0.05) is 37.3 Å². The Labute approximate surface area is 184 Å². The van der Waals surface area contributed by atoms with Crippen molar-refractivity contribution < 1.29 is 18.4 Å². The first-order chi connectivity index (χ1) is 15.6. The van der Waals surface area contributed by atoms with Crippen LogP contribution in [0.3, 0.4) is 0 Å². The molecule has 0 radical (unpaired) electrons. The van der Waals surface area contributed by atoms with Gasteiger partial charge in [0.1, 0.15) is 5.82 Å². The molecule has 32 heavy (non-hydrogen) atoms. The highest BCUT2D eigenvalue weighted by atomic mass is 19.1. The summed E-state index contributed by atoms with van der Waals surface area (Å²) in [5, 5.41) is 8.28. The molecule has 2 saturated heterocycles. The minimum Gasteiger partial charge on any atom is -0.420 e. The Morgan fingerprint density at radius 2 is 1.81 bits per heavy atom. The fraction of sp³-hybridized carbons (Fsp3) is 0.333. The average Bonchev–Trinajstić information content (AvgIpc) is 3.47. The third-order valence-electron chi connectivity index (χ3n) is 6.16. The fourth-order valence-corrected chi connectivity index (χ4v) is 4.48. The Hall–Kier alpha value is -3.55. The van der Waals surface area contributed by atoms with Gasteiger partial charge in [-0.3, -0.25) is 9.59 Å². The van der Waals surface area contributed by atoms with E-state index in [4.69, 9.17) is 4.42 Å². The molecule has 7 nitrogen and oxygen atoms in total. The summed E-state index contributed by atoms with van der Waals surface area (Å²) in [6, 6.07) is 15.3. The third kappa shape index (κ3) is 4.00. The first kappa shape index (κ1) is 20.4. The van der Waals surface area contributed by atoms with Crippen LogP contribution in [0.4, 0.5) is 10.1 Å². The number of carbonyl (C=O) groups excluding carboxylic acids is 2. The Kier molecular flexibility index (Phi) is 5.43. The van der Waals surface area contributed by atoms with E-state index in [1.165, 1.54) is 12.1 Å². The second-order valence-electron chi connectivity index (χ2n) is 8.32. The molecule has 2 amide bonds. The number of piperidine rings is 1. The molecule has 5 rings (SSSR count). The summed E-state index contributed by atoms with van der Waals surface area (Å²) in [7, 11) is 0. The van der Waals surface area contributed by atoms with E-state index >= 15 is 0 Å². The molecule has 164 valence electrons. The lowest BCUT2D eigenvalue weighted by Gasteiger charge is -2.32. The van der Waals surface area contributed by atoms with E-state index in [-0.39, 0.29) is 35.9 Å². The van der Waals surface area contributed by atoms with Crippen molar-refractivity contribution in [3.63, 3.8) is 0 Å². The molecule has 8 heteroatoms. The molecule has 2 aromatic carbocycles. The van der Waals surface area contributed by atoms with Gasteiger partial charge in [0.25, 0.3) is 0 Å². The molecule has 0 bridgehead atoms. The lowest BCUT2D eigenvalue weighted by molar-refractivity contribution is -0.137. The van der Waals surface area contributed by atoms with Crippen LogP contribution in [0.2, 0.25) is 0 Å². The molecule has 0 N–H and O–H groups in total. The van der Waals surface area contributed by atoms with Crippen molar-refractivity contribution in [3.05, 3.63) is 66.3 Å². The van der Waals surface area contributed by atoms with E-state index < -0.39 is 0 Å². The van der Waals surface area contributed by atoms with Crippen molar-refractivity contribution in [2.75, 3.05) is 24.5 Å². The third-order valence-corrected chi connectivity index (χ3v) is 6.16. The van der Waals surface area contributed by atoms with Gasteiger partial charge in [-0.15, -0.1) is 10.2 Å². The SMILES string of the molecule is O=C(C1CC(=O)N(c2ccccc2)C1)N1CCCC(c2nnc(-c3ccc(F)cc3)o2)C1. The normalized spacial score (nSPS) is 21.2. The zero-order chi connectivity index (χ0) is 22.1. The van der Waals surface area contributed by atoms with Gasteiger partial charge < -0.3 is 14.2 Å². The predicted molar refractivity (Wildman–Crippen MR) is 115 cm³/mol. The van der Waals surface area contributed by atoms with Crippen molar-refractivity contribution >= 4 is 17.5 Å². The zero-order valence-electron chi connectivity index (χ0n) is 17.5. The molecule has 0 saturated carbocycles. The number of carbonyl (C=O) groups is 2. The predicted octanol–water partition coefficient (Wildman–Crippen LogP) is 3.63. The van der Waals surface area contributed by atoms with Crippen LogP contribution in [0.1, 0.15) is 31.1 Å². The maximum atomic E-state index is 13.2. The van der Waals surface area contributed by atoms with Crippen LogP contribution in [0.5, 0.6) is 0 Å². The van der Waals surface area contributed by atoms with Crippen LogP contribution in [-0.2, 0) is 9.59 Å². The standard InChI is InChI=1S/C24H23FN4O3/c25-19-10-8-16(9-11-19)22-26-27-23(32-22)17-5-4-12-28(14-17)24(31)18-13-21(30)29(15-18)20-6-2-1-3-7-20/h1-3,6-11,17-18H,4-5,12-15H2. The van der Waals surface area contributed by atoms with Gasteiger partial charge in [-0.05, 0) is 49.2 Å². The van der Waals surface area contributed by atoms with E-state index in [0.29, 0.717) is 37.0 Å². The van der Waals surface area contributed by atoms with Gasteiger partial charge in [-0.2, -0.15) is 0 Å². The summed E-state index contributed by atoms with van der Waals surface area (Å²) < 4.78 is 19.0. The molecule has 0 aliphatic carbocycles. The van der Waals surface area contributed by atoms with Crippen LogP contribution in [-0.4, -0.2) is 46.5 Å². The fourth-order valence-electron chi connectivity index (χ4n) is 4.48. The number of rotatable bonds is 4. The summed E-state index contributed by atoms with van der Waals surface area (Å²) in [5.41, 5.74) is 1.47. The van der Waals surface area contributed by atoms with Gasteiger partial charge in [0.15, 0.2) is 0 Å². The monoisotopic (exact) mass is 434 g/mol. The highest BCUT2D eigenvalue weighted by Gasteiger charge is 2.39. The summed E-state index contributed by atoms with van der Waals surface area (Å²) in [5.74, 6) is 0.0593. The Bertz CT molecular complexity index is 1120. The highest BCUT2D eigenvalue weighted by molar-refractivity contribution is 6.00. The van der Waals surface area contributed by atoms with Crippen LogP contribution >= 0.6 is 0 Å². The van der Waals surface area contributed by atoms with Crippen molar-refractivity contribution in [2.45, 2.75) is 25.2 Å². The number of hydrogen-bond donors (Lipinski definition) is 0. The van der Waals surface area contributed by atoms with Crippen molar-refractivity contribution in [1.82, 2.24) is 15.1 Å². The quantitative estimate of drug-likeness (QED) is 0.627. The zero-order valence-corrected chi connectivity index (χ0v) is 17.5. The molecular formula is C24H23FN4O3. The average molecular weight is 434 g/mol. The van der Waals surface area contributed by atoms with Crippen molar-refractivity contribution in [3.8, 4) is 11.5 Å². The topological polar surface area (TPSA) is 79.5 Å². The lowest BCUT2D eigenvalue weighted by Crippen LogP contribution is -2.43. The van der Waals surface area contributed by atoms with E-state index in [0.717, 1.165) is 18.5 Å². The number of amides is 2. The minimum atomic E-state index is -0.348. The van der Waals surface area contributed by atoms with E-state index in [1.807, 2.05) is 35.2 Å². The number of benzene rings is 2. The molecule has 2 fully saturated rings. The van der Waals surface area contributed by atoms with Crippen LogP contribution in [0.25, 0.3) is 11.5 Å². The first-order valence-electron chi connectivity index (χ1n) is 10.8. The number of hydrogen-bond acceptors (Lipinski definition) is 5. The lowest BCUT2D eigenvalue weighted by atomic mass is 9.96. The van der Waals surface area contributed by atoms with E-state index in [1.54, 1.807) is 17.0 Å². The van der Waals surface area contributed by atoms with Crippen molar-refractivity contribution in [1.29, 1.82) is 0 Å². The van der Waals surface area contributed by atoms with E-state index in [2.05, 4.69) is 10.2 Å². The summed E-state index contributed by atoms with van der Waals surface area (Å²) >= 11 is 0. The number of anilines is 1. The number of nitrogens with zero attached hydrogens (tertiary/aromatic N) is 4. The maximum Gasteiger partial charge on any atom is 0.247 e. The van der Waals surface area contributed by atoms with Crippen LogP contribution < -0.4 is 4.90 Å². The minimum absolute atomic E-state index is 0.000227. The van der Waals surface area contributed by atoms with Gasteiger partial charge >= 0.3 is 0 Å². The number of aromatic nitrogens is 2. The van der Waals surface area contributed by atoms with Crippen LogP contribution in [0.15, 0.2) is 59.0 Å². The van der Waals surface area contributed by atoms with Gasteiger partial charge in [-0.1, -0.05) is 18.2 Å². The van der Waals surface area contributed by atoms with Crippen molar-refractivity contribution in [2.24, 2.45) is 5.92 Å². The number of para-hydroxylation sites is 1. The molecule has 2 unspecified atom stereocenters. The highest BCUT2D eigenvalue weighted by Crippen LogP contribution is 2.31. The Morgan fingerprint density at radius 3 is 2.59 bits per heavy atom. The van der Waals surface area contributed by atoms with Gasteiger partial charge in [-0.25, -0.2) is 4.39 Å². The molecule has 3 heterocycles. The molecule has 2 aliphatic heterocycles. The summed E-state index contributed by atoms with van der Waals surface area (Å²) in [6.45, 7) is 1.54. The van der Waals surface area contributed by atoms with Gasteiger partial charge in [0.05, 0.1) is 11.8 Å². The molecular weight excluding hydrogens is 411 g/mol. The van der Waals surface area contributed by atoms with Crippen LogP contribution in [0, 0.1) is 11.7 Å². The Balaban J connectivity index is 1.26. The smallest absolute Gasteiger partial charge is 0.247 e. The largest absolute Gasteiger partial charge is 0.420 e. The molecule has 3 aromatic rings. The molecule has 0 spiro atoms. The molecule has 1 aromatic heterocycles. The van der Waals surface area contributed by atoms with Gasteiger partial charge in [0.2, 0.25) is 23.6 Å².